The smallest absolute Gasteiger partial charge is 0.320 e. The van der Waals surface area contributed by atoms with Gasteiger partial charge < -0.3 is 4.74 Å². The van der Waals surface area contributed by atoms with E-state index in [2.05, 4.69) is 13.8 Å². The van der Waals surface area contributed by atoms with Crippen molar-refractivity contribution in [3.8, 4) is 0 Å². The predicted molar refractivity (Wildman–Crippen MR) is 124 cm³/mol. The lowest BCUT2D eigenvalue weighted by molar-refractivity contribution is -0.153. The lowest BCUT2D eigenvalue weighted by Crippen LogP contribution is -2.54. The Morgan fingerprint density at radius 1 is 0.969 bits per heavy atom. The van der Waals surface area contributed by atoms with Gasteiger partial charge in [-0.25, -0.2) is 0 Å². The summed E-state index contributed by atoms with van der Waals surface area (Å²) in [5.74, 6) is 2.88. The molecular formula is C27H43NO4. The molecule has 7 unspecified atom stereocenters. The number of esters is 1. The van der Waals surface area contributed by atoms with Crippen molar-refractivity contribution >= 4 is 17.5 Å². The third-order valence-electron chi connectivity index (χ3n) is 10.5. The van der Waals surface area contributed by atoms with E-state index in [1.165, 1.54) is 19.3 Å². The molecule has 0 aromatic carbocycles. The summed E-state index contributed by atoms with van der Waals surface area (Å²) >= 11 is 0. The van der Waals surface area contributed by atoms with Crippen molar-refractivity contribution in [2.24, 2.45) is 40.4 Å². The summed E-state index contributed by atoms with van der Waals surface area (Å²) in [7, 11) is 0. The van der Waals surface area contributed by atoms with Gasteiger partial charge in [-0.1, -0.05) is 27.7 Å². The molecule has 4 saturated carbocycles. The topological polar surface area (TPSA) is 63.7 Å². The Morgan fingerprint density at radius 3 is 2.41 bits per heavy atom. The highest BCUT2D eigenvalue weighted by Crippen LogP contribution is 2.67. The molecule has 4 aliphatic rings. The van der Waals surface area contributed by atoms with E-state index in [1.54, 1.807) is 0 Å². The number of ketones is 2. The number of rotatable bonds is 7. The van der Waals surface area contributed by atoms with E-state index in [0.717, 1.165) is 51.6 Å². The quantitative estimate of drug-likeness (QED) is 0.533. The Kier molecular flexibility index (Phi) is 6.87. The highest BCUT2D eigenvalue weighted by molar-refractivity contribution is 5.85. The molecule has 0 radical (unpaired) electrons. The van der Waals surface area contributed by atoms with Crippen LogP contribution in [0.15, 0.2) is 0 Å². The maximum absolute atomic E-state index is 13.2. The lowest BCUT2D eigenvalue weighted by Gasteiger charge is -2.60. The minimum absolute atomic E-state index is 0.0215. The summed E-state index contributed by atoms with van der Waals surface area (Å²) in [6.07, 6.45) is 9.36. The normalized spacial score (nSPS) is 41.0. The van der Waals surface area contributed by atoms with E-state index in [0.29, 0.717) is 34.9 Å². The average molecular weight is 446 g/mol. The number of hydrogen-bond donors (Lipinski definition) is 0. The summed E-state index contributed by atoms with van der Waals surface area (Å²) in [6.45, 7) is 10.7. The highest BCUT2D eigenvalue weighted by Gasteiger charge is 2.61. The molecule has 0 spiro atoms. The Hall–Kier alpha value is -1.23. The van der Waals surface area contributed by atoms with Crippen molar-refractivity contribution in [1.29, 1.82) is 0 Å². The fourth-order valence-electron chi connectivity index (χ4n) is 8.50. The first-order valence-corrected chi connectivity index (χ1v) is 13.1. The molecule has 5 nitrogen and oxygen atoms in total. The molecule has 5 heteroatoms. The van der Waals surface area contributed by atoms with Gasteiger partial charge in [0.1, 0.15) is 12.4 Å². The Labute approximate surface area is 194 Å². The Morgan fingerprint density at radius 2 is 1.69 bits per heavy atom. The molecule has 32 heavy (non-hydrogen) atoms. The van der Waals surface area contributed by atoms with Gasteiger partial charge in [-0.2, -0.15) is 0 Å². The summed E-state index contributed by atoms with van der Waals surface area (Å²) in [5.41, 5.74) is 0.345. The second-order valence-corrected chi connectivity index (χ2v) is 11.7. The Bertz CT molecular complexity index is 746. The summed E-state index contributed by atoms with van der Waals surface area (Å²) < 4.78 is 5.42. The largest absolute Gasteiger partial charge is 0.457 e. The standard InChI is InChI=1S/C27H43NO4/c1-5-28(6-2)16-25(31)32-17-24(30)23-10-9-21-20-8-7-18-15-19(29)11-13-26(18,3)22(20)12-14-27(21,23)4/h18,20-23H,5-17H2,1-4H3. The number of fused-ring (bicyclic) bond motifs is 5. The first kappa shape index (κ1) is 23.9. The number of carbonyl (C=O) groups is 3. The molecule has 0 N–H and O–H groups in total. The molecule has 0 heterocycles. The molecule has 7 atom stereocenters. The lowest BCUT2D eigenvalue weighted by atomic mass is 9.44. The molecule has 0 aromatic heterocycles. The third-order valence-corrected chi connectivity index (χ3v) is 10.5. The number of carbonyl (C=O) groups excluding carboxylic acids is 3. The molecule has 0 aliphatic heterocycles. The van der Waals surface area contributed by atoms with Crippen LogP contribution in [0.3, 0.4) is 0 Å². The summed E-state index contributed by atoms with van der Waals surface area (Å²) in [4.78, 5) is 39.5. The number of Topliss-reactive ketones (excluding diaryl/α,β-unsaturated/α-hetero) is 2. The van der Waals surface area contributed by atoms with Crippen molar-refractivity contribution in [1.82, 2.24) is 4.90 Å². The van der Waals surface area contributed by atoms with E-state index in [1.807, 2.05) is 18.7 Å². The van der Waals surface area contributed by atoms with E-state index in [9.17, 15) is 14.4 Å². The van der Waals surface area contributed by atoms with E-state index in [-0.39, 0.29) is 36.2 Å². The third kappa shape index (κ3) is 4.08. The van der Waals surface area contributed by atoms with Crippen LogP contribution < -0.4 is 0 Å². The van der Waals surface area contributed by atoms with E-state index in [4.69, 9.17) is 4.74 Å². The zero-order valence-corrected chi connectivity index (χ0v) is 20.7. The fraction of sp³-hybridized carbons (Fsp3) is 0.889. The van der Waals surface area contributed by atoms with E-state index >= 15 is 0 Å². The second-order valence-electron chi connectivity index (χ2n) is 11.7. The number of nitrogens with zero attached hydrogens (tertiary/aromatic N) is 1. The van der Waals surface area contributed by atoms with Crippen LogP contribution in [0.25, 0.3) is 0 Å². The van der Waals surface area contributed by atoms with Crippen LogP contribution >= 0.6 is 0 Å². The predicted octanol–water partition coefficient (Wildman–Crippen LogP) is 4.67. The molecule has 0 saturated heterocycles. The van der Waals surface area contributed by atoms with Gasteiger partial charge in [0.25, 0.3) is 0 Å². The zero-order chi connectivity index (χ0) is 23.1. The zero-order valence-electron chi connectivity index (χ0n) is 20.7. The van der Waals surface area contributed by atoms with Gasteiger partial charge in [-0.15, -0.1) is 0 Å². The molecule has 0 amide bonds. The van der Waals surface area contributed by atoms with Crippen LogP contribution in [0.1, 0.15) is 85.5 Å². The maximum Gasteiger partial charge on any atom is 0.320 e. The average Bonchev–Trinajstić information content (AvgIpc) is 3.13. The Balaban J connectivity index is 1.40. The minimum atomic E-state index is -0.288. The van der Waals surface area contributed by atoms with Crippen LogP contribution in [0, 0.1) is 40.4 Å². The number of hydrogen-bond acceptors (Lipinski definition) is 5. The van der Waals surface area contributed by atoms with Gasteiger partial charge in [-0.3, -0.25) is 19.3 Å². The number of likely N-dealkylation sites (N-methyl/N-ethyl adjacent to an activating group) is 1. The maximum atomic E-state index is 13.2. The van der Waals surface area contributed by atoms with Crippen LogP contribution in [0.4, 0.5) is 0 Å². The molecule has 0 aromatic rings. The van der Waals surface area contributed by atoms with Crippen LogP contribution in [-0.2, 0) is 19.1 Å². The van der Waals surface area contributed by atoms with E-state index < -0.39 is 0 Å². The summed E-state index contributed by atoms with van der Waals surface area (Å²) in [5, 5.41) is 0. The summed E-state index contributed by atoms with van der Waals surface area (Å²) in [6, 6.07) is 0. The molecule has 4 aliphatic carbocycles. The van der Waals surface area contributed by atoms with Crippen LogP contribution in [-0.4, -0.2) is 48.7 Å². The van der Waals surface area contributed by atoms with Gasteiger partial charge in [0.15, 0.2) is 5.78 Å². The molecule has 0 bridgehead atoms. The SMILES string of the molecule is CCN(CC)CC(=O)OCC(=O)C1CCC2C3CCC4CC(=O)CCC4(C)C3CCC12C. The number of ether oxygens (including phenoxy) is 1. The van der Waals surface area contributed by atoms with Gasteiger partial charge in [0.05, 0.1) is 6.54 Å². The van der Waals surface area contributed by atoms with Crippen molar-refractivity contribution in [2.45, 2.75) is 85.5 Å². The minimum Gasteiger partial charge on any atom is -0.457 e. The van der Waals surface area contributed by atoms with Crippen LogP contribution in [0.2, 0.25) is 0 Å². The first-order chi connectivity index (χ1) is 15.2. The van der Waals surface area contributed by atoms with Crippen molar-refractivity contribution in [3.05, 3.63) is 0 Å². The van der Waals surface area contributed by atoms with Gasteiger partial charge in [-0.05, 0) is 92.5 Å². The molecule has 4 fully saturated rings. The highest BCUT2D eigenvalue weighted by atomic mass is 16.5. The van der Waals surface area contributed by atoms with Crippen LogP contribution in [0.5, 0.6) is 0 Å². The molecule has 4 rings (SSSR count). The van der Waals surface area contributed by atoms with Crippen molar-refractivity contribution in [3.63, 3.8) is 0 Å². The molecule has 180 valence electrons. The monoisotopic (exact) mass is 445 g/mol. The first-order valence-electron chi connectivity index (χ1n) is 13.1. The van der Waals surface area contributed by atoms with Gasteiger partial charge >= 0.3 is 5.97 Å². The van der Waals surface area contributed by atoms with Crippen molar-refractivity contribution in [2.75, 3.05) is 26.2 Å². The second kappa shape index (κ2) is 9.19. The van der Waals surface area contributed by atoms with Gasteiger partial charge in [0, 0.05) is 18.8 Å². The fourth-order valence-corrected chi connectivity index (χ4v) is 8.50. The molecular weight excluding hydrogens is 402 g/mol. The van der Waals surface area contributed by atoms with Gasteiger partial charge in [0.2, 0.25) is 0 Å². The van der Waals surface area contributed by atoms with Crippen molar-refractivity contribution < 1.29 is 19.1 Å².